The fourth-order valence-electron chi connectivity index (χ4n) is 2.02. The topological polar surface area (TPSA) is 23.8 Å². The minimum Gasteiger partial charge on any atom is -0.197 e. The van der Waals surface area contributed by atoms with Gasteiger partial charge in [-0.05, 0) is 43.0 Å². The highest BCUT2D eigenvalue weighted by atomic mass is 35.5. The van der Waals surface area contributed by atoms with Crippen molar-refractivity contribution in [2.75, 3.05) is 0 Å². The van der Waals surface area contributed by atoms with Gasteiger partial charge in [-0.3, -0.25) is 0 Å². The Hall–Kier alpha value is -1.21. The van der Waals surface area contributed by atoms with E-state index < -0.39 is 17.2 Å². The molecule has 90 valence electrons. The molecule has 1 nitrogen and oxygen atoms in total. The van der Waals surface area contributed by atoms with Crippen molar-refractivity contribution in [1.29, 1.82) is 5.26 Å². The molecule has 0 spiro atoms. The Labute approximate surface area is 102 Å². The first kappa shape index (κ1) is 12.3. The fourth-order valence-corrected chi connectivity index (χ4v) is 2.26. The molecular formula is C12H9ClF3N. The van der Waals surface area contributed by atoms with Crippen LogP contribution in [0.1, 0.15) is 30.4 Å². The second-order valence-corrected chi connectivity index (χ2v) is 4.71. The number of alkyl halides is 3. The molecule has 1 aromatic rings. The van der Waals surface area contributed by atoms with E-state index in [0.717, 1.165) is 18.6 Å². The van der Waals surface area contributed by atoms with Crippen LogP contribution in [0.15, 0.2) is 18.2 Å². The zero-order valence-electron chi connectivity index (χ0n) is 8.81. The molecule has 0 amide bonds. The molecule has 17 heavy (non-hydrogen) atoms. The number of hydrogen-bond donors (Lipinski definition) is 0. The molecule has 0 aromatic heterocycles. The van der Waals surface area contributed by atoms with Crippen LogP contribution < -0.4 is 0 Å². The second-order valence-electron chi connectivity index (χ2n) is 4.27. The molecule has 0 radical (unpaired) electrons. The summed E-state index contributed by atoms with van der Waals surface area (Å²) in [5.41, 5.74) is -1.18. The Balaban J connectivity index is 2.50. The summed E-state index contributed by atoms with van der Waals surface area (Å²) >= 11 is 5.69. The molecule has 1 saturated carbocycles. The van der Waals surface area contributed by atoms with Crippen LogP contribution in [0.3, 0.4) is 0 Å². The highest BCUT2D eigenvalue weighted by Crippen LogP contribution is 2.45. The van der Waals surface area contributed by atoms with Crippen molar-refractivity contribution < 1.29 is 13.2 Å². The van der Waals surface area contributed by atoms with Gasteiger partial charge in [0.25, 0.3) is 0 Å². The molecule has 0 bridgehead atoms. The Kier molecular flexibility index (Phi) is 2.82. The smallest absolute Gasteiger partial charge is 0.197 e. The average Bonchev–Trinajstić information content (AvgIpc) is 2.14. The van der Waals surface area contributed by atoms with E-state index in [9.17, 15) is 13.2 Å². The highest BCUT2D eigenvalue weighted by Gasteiger charge is 2.41. The lowest BCUT2D eigenvalue weighted by Crippen LogP contribution is -2.32. The summed E-state index contributed by atoms with van der Waals surface area (Å²) in [4.78, 5) is 0. The molecule has 1 aliphatic rings. The maximum absolute atomic E-state index is 12.6. The van der Waals surface area contributed by atoms with Crippen molar-refractivity contribution in [3.8, 4) is 6.07 Å². The Morgan fingerprint density at radius 1 is 1.24 bits per heavy atom. The highest BCUT2D eigenvalue weighted by molar-refractivity contribution is 6.30. The van der Waals surface area contributed by atoms with E-state index in [2.05, 4.69) is 6.07 Å². The van der Waals surface area contributed by atoms with Gasteiger partial charge in [0.2, 0.25) is 0 Å². The van der Waals surface area contributed by atoms with Gasteiger partial charge in [-0.15, -0.1) is 0 Å². The van der Waals surface area contributed by atoms with Crippen LogP contribution in [-0.4, -0.2) is 0 Å². The van der Waals surface area contributed by atoms with E-state index >= 15 is 0 Å². The third kappa shape index (κ3) is 2.12. The summed E-state index contributed by atoms with van der Waals surface area (Å²) < 4.78 is 37.9. The summed E-state index contributed by atoms with van der Waals surface area (Å²) in [5.74, 6) is 0. The van der Waals surface area contributed by atoms with Crippen LogP contribution in [0, 0.1) is 11.3 Å². The molecule has 2 rings (SSSR count). The lowest BCUT2D eigenvalue weighted by Gasteiger charge is -2.36. The number of halogens is 4. The summed E-state index contributed by atoms with van der Waals surface area (Å²) in [5, 5.41) is 9.12. The molecule has 5 heteroatoms. The van der Waals surface area contributed by atoms with Crippen molar-refractivity contribution in [3.63, 3.8) is 0 Å². The van der Waals surface area contributed by atoms with E-state index in [0.29, 0.717) is 18.4 Å². The van der Waals surface area contributed by atoms with Crippen LogP contribution in [0.25, 0.3) is 0 Å². The zero-order valence-corrected chi connectivity index (χ0v) is 9.57. The average molecular weight is 260 g/mol. The van der Waals surface area contributed by atoms with Gasteiger partial charge in [-0.1, -0.05) is 11.6 Å². The molecule has 0 aliphatic heterocycles. The van der Waals surface area contributed by atoms with Gasteiger partial charge in [-0.25, -0.2) is 0 Å². The first-order valence-electron chi connectivity index (χ1n) is 5.17. The standard InChI is InChI=1S/C12H9ClF3N/c13-10-5-8(11(7-17)2-1-3-11)4-9(6-10)12(14,15)16/h4-6H,1-3H2. The molecule has 1 fully saturated rings. The Bertz CT molecular complexity index is 484. The van der Waals surface area contributed by atoms with Crippen LogP contribution in [0.5, 0.6) is 0 Å². The van der Waals surface area contributed by atoms with Gasteiger partial charge in [0.05, 0.1) is 17.0 Å². The minimum absolute atomic E-state index is 0.0244. The zero-order chi connectivity index (χ0) is 12.7. The lowest BCUT2D eigenvalue weighted by molar-refractivity contribution is -0.137. The molecular weight excluding hydrogens is 251 g/mol. The molecule has 0 atom stereocenters. The number of hydrogen-bond acceptors (Lipinski definition) is 1. The van der Waals surface area contributed by atoms with Crippen molar-refractivity contribution in [2.45, 2.75) is 30.9 Å². The molecule has 0 N–H and O–H groups in total. The van der Waals surface area contributed by atoms with Gasteiger partial charge < -0.3 is 0 Å². The van der Waals surface area contributed by atoms with Crippen molar-refractivity contribution >= 4 is 11.6 Å². The first-order valence-corrected chi connectivity index (χ1v) is 5.55. The molecule has 0 heterocycles. The van der Waals surface area contributed by atoms with Crippen molar-refractivity contribution in [3.05, 3.63) is 34.3 Å². The van der Waals surface area contributed by atoms with Gasteiger partial charge in [-0.2, -0.15) is 18.4 Å². The van der Waals surface area contributed by atoms with E-state index in [1.807, 2.05) is 0 Å². The normalized spacial score (nSPS) is 18.3. The van der Waals surface area contributed by atoms with Gasteiger partial charge in [0.15, 0.2) is 0 Å². The summed E-state index contributed by atoms with van der Waals surface area (Å²) in [6.45, 7) is 0. The van der Waals surface area contributed by atoms with E-state index in [-0.39, 0.29) is 5.02 Å². The summed E-state index contributed by atoms with van der Waals surface area (Å²) in [7, 11) is 0. The third-order valence-corrected chi connectivity index (χ3v) is 3.42. The Morgan fingerprint density at radius 3 is 2.29 bits per heavy atom. The van der Waals surface area contributed by atoms with E-state index in [1.54, 1.807) is 0 Å². The second kappa shape index (κ2) is 3.92. The van der Waals surface area contributed by atoms with E-state index in [1.165, 1.54) is 6.07 Å². The third-order valence-electron chi connectivity index (χ3n) is 3.20. The SMILES string of the molecule is N#CC1(c2cc(Cl)cc(C(F)(F)F)c2)CCC1. The van der Waals surface area contributed by atoms with Crippen LogP contribution >= 0.6 is 11.6 Å². The predicted octanol–water partition coefficient (Wildman–Crippen LogP) is 4.30. The quantitative estimate of drug-likeness (QED) is 0.737. The van der Waals surface area contributed by atoms with Gasteiger partial charge in [0.1, 0.15) is 0 Å². The first-order chi connectivity index (χ1) is 7.87. The number of nitrogens with zero attached hydrogens (tertiary/aromatic N) is 1. The minimum atomic E-state index is -4.43. The molecule has 0 unspecified atom stereocenters. The maximum atomic E-state index is 12.6. The van der Waals surface area contributed by atoms with Crippen molar-refractivity contribution in [1.82, 2.24) is 0 Å². The monoisotopic (exact) mass is 259 g/mol. The fraction of sp³-hybridized carbons (Fsp3) is 0.417. The summed E-state index contributed by atoms with van der Waals surface area (Å²) in [6.07, 6.45) is -2.37. The largest absolute Gasteiger partial charge is 0.416 e. The number of nitriles is 1. The molecule has 1 aromatic carbocycles. The maximum Gasteiger partial charge on any atom is 0.416 e. The van der Waals surface area contributed by atoms with Crippen LogP contribution in [0.2, 0.25) is 5.02 Å². The number of benzene rings is 1. The summed E-state index contributed by atoms with van der Waals surface area (Å²) in [6, 6.07) is 5.49. The van der Waals surface area contributed by atoms with Crippen molar-refractivity contribution in [2.24, 2.45) is 0 Å². The number of rotatable bonds is 1. The van der Waals surface area contributed by atoms with Crippen LogP contribution in [-0.2, 0) is 11.6 Å². The van der Waals surface area contributed by atoms with E-state index in [4.69, 9.17) is 16.9 Å². The van der Waals surface area contributed by atoms with Crippen LogP contribution in [0.4, 0.5) is 13.2 Å². The Morgan fingerprint density at radius 2 is 1.88 bits per heavy atom. The predicted molar refractivity (Wildman–Crippen MR) is 57.6 cm³/mol. The molecule has 1 aliphatic carbocycles. The van der Waals surface area contributed by atoms with Gasteiger partial charge >= 0.3 is 6.18 Å². The lowest BCUT2D eigenvalue weighted by atomic mass is 9.65. The molecule has 0 saturated heterocycles. The van der Waals surface area contributed by atoms with Gasteiger partial charge in [0, 0.05) is 5.02 Å².